The molecule has 36 heavy (non-hydrogen) atoms. The number of likely N-dealkylation sites (tertiary alicyclic amines) is 1. The molecule has 1 heterocycles. The van der Waals surface area contributed by atoms with Crippen LogP contribution in [0.25, 0.3) is 0 Å². The van der Waals surface area contributed by atoms with Crippen molar-refractivity contribution in [3.63, 3.8) is 0 Å². The molecule has 16 nitrogen and oxygen atoms in total. The smallest absolute Gasteiger partial charge is 0.326 e. The van der Waals surface area contributed by atoms with Crippen molar-refractivity contribution < 1.29 is 29.4 Å². The first-order valence-electron chi connectivity index (χ1n) is 11.6. The van der Waals surface area contributed by atoms with Gasteiger partial charge >= 0.3 is 5.97 Å². The second-order valence-electron chi connectivity index (χ2n) is 8.34. The molecule has 16 heteroatoms. The number of rotatable bonds is 15. The molecular formula is C20H38N10O6. The molecule has 0 aromatic rings. The third-order valence-corrected chi connectivity index (χ3v) is 5.50. The van der Waals surface area contributed by atoms with Gasteiger partial charge in [-0.15, -0.1) is 0 Å². The lowest BCUT2D eigenvalue weighted by atomic mass is 10.1. The van der Waals surface area contributed by atoms with Gasteiger partial charge in [0.05, 0.1) is 12.6 Å². The van der Waals surface area contributed by atoms with Gasteiger partial charge in [-0.3, -0.25) is 24.4 Å². The molecule has 3 amide bonds. The van der Waals surface area contributed by atoms with E-state index in [0.29, 0.717) is 38.8 Å². The van der Waals surface area contributed by atoms with Crippen molar-refractivity contribution in [2.45, 2.75) is 62.7 Å². The summed E-state index contributed by atoms with van der Waals surface area (Å²) in [4.78, 5) is 58.6. The first-order chi connectivity index (χ1) is 17.0. The molecule has 4 atom stereocenters. The van der Waals surface area contributed by atoms with Crippen LogP contribution < -0.4 is 39.3 Å². The first-order valence-corrected chi connectivity index (χ1v) is 11.6. The number of nitrogens with one attached hydrogen (secondary N) is 2. The van der Waals surface area contributed by atoms with Gasteiger partial charge in [0.1, 0.15) is 18.1 Å². The number of carboxylic acids is 1. The summed E-state index contributed by atoms with van der Waals surface area (Å²) in [7, 11) is 0. The Balaban J connectivity index is 2.70. The Hall–Kier alpha value is -3.66. The van der Waals surface area contributed by atoms with Crippen LogP contribution in [-0.2, 0) is 19.2 Å². The van der Waals surface area contributed by atoms with Crippen molar-refractivity contribution in [2.75, 3.05) is 26.2 Å². The highest BCUT2D eigenvalue weighted by Gasteiger charge is 2.37. The van der Waals surface area contributed by atoms with Gasteiger partial charge in [0.25, 0.3) is 0 Å². The van der Waals surface area contributed by atoms with Gasteiger partial charge in [-0.25, -0.2) is 4.79 Å². The van der Waals surface area contributed by atoms with Crippen LogP contribution in [0.5, 0.6) is 0 Å². The number of nitrogens with zero attached hydrogens (tertiary/aromatic N) is 3. The topological polar surface area (TPSA) is 291 Å². The van der Waals surface area contributed by atoms with E-state index in [1.807, 2.05) is 0 Å². The van der Waals surface area contributed by atoms with Crippen LogP contribution in [0.15, 0.2) is 9.98 Å². The van der Waals surface area contributed by atoms with Gasteiger partial charge in [0.2, 0.25) is 17.7 Å². The van der Waals surface area contributed by atoms with Gasteiger partial charge in [-0.1, -0.05) is 0 Å². The van der Waals surface area contributed by atoms with E-state index in [9.17, 15) is 29.4 Å². The van der Waals surface area contributed by atoms with E-state index < -0.39 is 54.5 Å². The van der Waals surface area contributed by atoms with Crippen molar-refractivity contribution >= 4 is 35.6 Å². The molecule has 14 N–H and O–H groups in total. The molecule has 204 valence electrons. The van der Waals surface area contributed by atoms with Crippen molar-refractivity contribution in [3.05, 3.63) is 0 Å². The number of aliphatic hydroxyl groups is 1. The number of hydrogen-bond acceptors (Lipinski definition) is 8. The number of carbonyl (C=O) groups excluding carboxylic acids is 3. The number of carboxylic acid groups (broad SMARTS) is 1. The number of hydrogen-bond donors (Lipinski definition) is 9. The van der Waals surface area contributed by atoms with E-state index in [-0.39, 0.29) is 31.3 Å². The highest BCUT2D eigenvalue weighted by atomic mass is 16.4. The lowest BCUT2D eigenvalue weighted by Gasteiger charge is -2.28. The number of aliphatic carboxylic acids is 1. The highest BCUT2D eigenvalue weighted by molar-refractivity contribution is 5.94. The maximum absolute atomic E-state index is 12.8. The zero-order chi connectivity index (χ0) is 27.3. The van der Waals surface area contributed by atoms with Crippen LogP contribution in [0.4, 0.5) is 0 Å². The Morgan fingerprint density at radius 2 is 1.53 bits per heavy atom. The average Bonchev–Trinajstić information content (AvgIpc) is 3.30. The Kier molecular flexibility index (Phi) is 13.0. The van der Waals surface area contributed by atoms with E-state index in [1.54, 1.807) is 0 Å². The van der Waals surface area contributed by atoms with Crippen LogP contribution in [0, 0.1) is 0 Å². The lowest BCUT2D eigenvalue weighted by molar-refractivity contribution is -0.143. The Labute approximate surface area is 208 Å². The van der Waals surface area contributed by atoms with Crippen molar-refractivity contribution in [1.82, 2.24) is 15.5 Å². The van der Waals surface area contributed by atoms with Crippen LogP contribution in [0.3, 0.4) is 0 Å². The van der Waals surface area contributed by atoms with Gasteiger partial charge in [0.15, 0.2) is 11.9 Å². The second kappa shape index (κ2) is 15.4. The maximum Gasteiger partial charge on any atom is 0.326 e. The molecule has 0 bridgehead atoms. The molecule has 4 unspecified atom stereocenters. The largest absolute Gasteiger partial charge is 0.480 e. The lowest BCUT2D eigenvalue weighted by Crippen LogP contribution is -2.57. The molecule has 0 aromatic carbocycles. The van der Waals surface area contributed by atoms with E-state index >= 15 is 0 Å². The fraction of sp³-hybridized carbons (Fsp3) is 0.700. The second-order valence-corrected chi connectivity index (χ2v) is 8.34. The van der Waals surface area contributed by atoms with Crippen LogP contribution in [0.1, 0.15) is 38.5 Å². The Bertz CT molecular complexity index is 828. The summed E-state index contributed by atoms with van der Waals surface area (Å²) in [6.07, 6.45) is 1.98. The third kappa shape index (κ3) is 10.3. The highest BCUT2D eigenvalue weighted by Crippen LogP contribution is 2.19. The van der Waals surface area contributed by atoms with Crippen LogP contribution in [0.2, 0.25) is 0 Å². The number of guanidine groups is 2. The molecule has 0 saturated carbocycles. The van der Waals surface area contributed by atoms with Crippen LogP contribution >= 0.6 is 0 Å². The predicted molar refractivity (Wildman–Crippen MR) is 131 cm³/mol. The summed E-state index contributed by atoms with van der Waals surface area (Å²) >= 11 is 0. The molecule has 1 fully saturated rings. The Morgan fingerprint density at radius 3 is 2.06 bits per heavy atom. The zero-order valence-electron chi connectivity index (χ0n) is 20.1. The summed E-state index contributed by atoms with van der Waals surface area (Å²) in [5.41, 5.74) is 26.9. The predicted octanol–water partition coefficient (Wildman–Crippen LogP) is -4.54. The van der Waals surface area contributed by atoms with Crippen molar-refractivity contribution in [2.24, 2.45) is 38.7 Å². The van der Waals surface area contributed by atoms with E-state index in [2.05, 4.69) is 20.6 Å². The number of nitrogens with two attached hydrogens (primary N) is 5. The normalized spacial score (nSPS) is 17.4. The average molecular weight is 515 g/mol. The minimum Gasteiger partial charge on any atom is -0.480 e. The molecule has 0 aromatic heterocycles. The number of aliphatic imine (C=N–C) groups is 2. The molecule has 1 rings (SSSR count). The van der Waals surface area contributed by atoms with Gasteiger partial charge < -0.3 is 54.4 Å². The standard InChI is InChI=1S/C20H38N10O6/c21-11(4-1-7-26-19(22)23)17(34)30-9-3-6-14(30)16(33)29-13(10-31)15(32)28-12(18(35)36)5-2-8-27-20(24)25/h11-14,31H,1-10,21H2,(H,28,32)(H,29,33)(H,35,36)(H4,22,23,26)(H4,24,25,27). The number of carbonyl (C=O) groups is 4. The number of aliphatic hydroxyl groups excluding tert-OH is 1. The zero-order valence-corrected chi connectivity index (χ0v) is 20.1. The SMILES string of the molecule is NC(N)=NCCCC(N)C(=O)N1CCCC1C(=O)NC(CO)C(=O)NC(CCCN=C(N)N)C(=O)O. The number of amides is 3. The quantitative estimate of drug-likeness (QED) is 0.0569. The molecule has 1 aliphatic heterocycles. The van der Waals surface area contributed by atoms with Gasteiger partial charge in [-0.05, 0) is 38.5 Å². The summed E-state index contributed by atoms with van der Waals surface area (Å²) in [5, 5.41) is 23.7. The fourth-order valence-corrected chi connectivity index (χ4v) is 3.65. The molecule has 1 aliphatic rings. The van der Waals surface area contributed by atoms with E-state index in [0.717, 1.165) is 0 Å². The molecule has 0 spiro atoms. The third-order valence-electron chi connectivity index (χ3n) is 5.50. The van der Waals surface area contributed by atoms with Crippen molar-refractivity contribution in [1.29, 1.82) is 0 Å². The molecule has 0 aliphatic carbocycles. The van der Waals surface area contributed by atoms with Crippen molar-refractivity contribution in [3.8, 4) is 0 Å². The van der Waals surface area contributed by atoms with Gasteiger partial charge in [0, 0.05) is 19.6 Å². The maximum atomic E-state index is 12.8. The molecule has 1 saturated heterocycles. The van der Waals surface area contributed by atoms with E-state index in [4.69, 9.17) is 28.7 Å². The minimum atomic E-state index is -1.41. The molecular weight excluding hydrogens is 476 g/mol. The van der Waals surface area contributed by atoms with Crippen LogP contribution in [-0.4, -0.2) is 101 Å². The summed E-state index contributed by atoms with van der Waals surface area (Å²) in [5.74, 6) is -3.45. The summed E-state index contributed by atoms with van der Waals surface area (Å²) in [6, 6.07) is -4.43. The fourth-order valence-electron chi connectivity index (χ4n) is 3.65. The summed E-state index contributed by atoms with van der Waals surface area (Å²) < 4.78 is 0. The monoisotopic (exact) mass is 514 g/mol. The Morgan fingerprint density at radius 1 is 0.944 bits per heavy atom. The first kappa shape index (κ1) is 30.4. The summed E-state index contributed by atoms with van der Waals surface area (Å²) in [6.45, 7) is 0.0184. The van der Waals surface area contributed by atoms with E-state index in [1.165, 1.54) is 4.90 Å². The molecule has 0 radical (unpaired) electrons. The van der Waals surface area contributed by atoms with Gasteiger partial charge in [-0.2, -0.15) is 0 Å². The minimum absolute atomic E-state index is 0.0237.